The Morgan fingerprint density at radius 3 is 2.43 bits per heavy atom. The summed E-state index contributed by atoms with van der Waals surface area (Å²) < 4.78 is 0. The first-order valence-corrected chi connectivity index (χ1v) is 4.65. The van der Waals surface area contributed by atoms with Crippen molar-refractivity contribution in [3.05, 3.63) is 35.9 Å². The number of benzene rings is 1. The number of hydrogen-bond acceptors (Lipinski definition) is 2. The molecule has 1 aromatic rings. The Morgan fingerprint density at radius 1 is 1.43 bits per heavy atom. The van der Waals surface area contributed by atoms with Crippen LogP contribution in [0.15, 0.2) is 30.3 Å². The van der Waals surface area contributed by atoms with E-state index in [1.54, 1.807) is 0 Å². The van der Waals surface area contributed by atoms with Crippen LogP contribution in [0.4, 0.5) is 0 Å². The van der Waals surface area contributed by atoms with Crippen molar-refractivity contribution in [2.45, 2.75) is 18.4 Å². The molecule has 3 N–H and O–H groups in total. The Balaban J connectivity index is 2.29. The molecule has 1 aliphatic carbocycles. The summed E-state index contributed by atoms with van der Waals surface area (Å²) in [5.41, 5.74) is 5.77. The highest BCUT2D eigenvalue weighted by Gasteiger charge is 2.65. The van der Waals surface area contributed by atoms with Crippen LogP contribution in [0.2, 0.25) is 0 Å². The van der Waals surface area contributed by atoms with Gasteiger partial charge >= 0.3 is 5.97 Å². The minimum atomic E-state index is -1.05. The molecule has 0 spiro atoms. The molecule has 0 saturated heterocycles. The molecule has 0 unspecified atom stereocenters. The van der Waals surface area contributed by atoms with Crippen molar-refractivity contribution < 1.29 is 9.90 Å². The van der Waals surface area contributed by atoms with Gasteiger partial charge in [-0.3, -0.25) is 4.79 Å². The van der Waals surface area contributed by atoms with Gasteiger partial charge in [0.2, 0.25) is 0 Å². The second-order valence-electron chi connectivity index (χ2n) is 3.92. The smallest absolute Gasteiger partial charge is 0.324 e. The lowest BCUT2D eigenvalue weighted by Gasteiger charge is -2.04. The van der Waals surface area contributed by atoms with Crippen LogP contribution in [0.5, 0.6) is 0 Å². The molecule has 1 aliphatic rings. The van der Waals surface area contributed by atoms with Gasteiger partial charge in [0.1, 0.15) is 5.54 Å². The van der Waals surface area contributed by atoms with E-state index in [2.05, 4.69) is 0 Å². The zero-order valence-electron chi connectivity index (χ0n) is 7.97. The molecule has 3 nitrogen and oxygen atoms in total. The van der Waals surface area contributed by atoms with Crippen LogP contribution in [0, 0.1) is 5.92 Å². The van der Waals surface area contributed by atoms with Crippen LogP contribution < -0.4 is 5.73 Å². The van der Waals surface area contributed by atoms with Crippen molar-refractivity contribution in [3.63, 3.8) is 0 Å². The SMILES string of the molecule is C[C@@H]1[C@H](c2ccccc2)[C@]1(N)C(=O)O. The van der Waals surface area contributed by atoms with E-state index in [1.807, 2.05) is 37.3 Å². The normalized spacial score (nSPS) is 35.3. The van der Waals surface area contributed by atoms with Crippen molar-refractivity contribution in [1.29, 1.82) is 0 Å². The van der Waals surface area contributed by atoms with Crippen LogP contribution in [-0.4, -0.2) is 16.6 Å². The predicted molar refractivity (Wildman–Crippen MR) is 52.9 cm³/mol. The maximum atomic E-state index is 11.0. The number of nitrogens with two attached hydrogens (primary N) is 1. The topological polar surface area (TPSA) is 63.3 Å². The molecular weight excluding hydrogens is 178 g/mol. The quantitative estimate of drug-likeness (QED) is 0.738. The lowest BCUT2D eigenvalue weighted by Crippen LogP contribution is -2.36. The average Bonchev–Trinajstić information content (AvgIpc) is 2.73. The lowest BCUT2D eigenvalue weighted by molar-refractivity contribution is -0.140. The first-order valence-electron chi connectivity index (χ1n) is 4.65. The molecule has 1 fully saturated rings. The van der Waals surface area contributed by atoms with Gasteiger partial charge in [0.15, 0.2) is 0 Å². The number of carboxylic acid groups (broad SMARTS) is 1. The highest BCUT2D eigenvalue weighted by Crippen LogP contribution is 2.55. The van der Waals surface area contributed by atoms with Gasteiger partial charge in [-0.15, -0.1) is 0 Å². The molecule has 0 bridgehead atoms. The molecule has 0 radical (unpaired) electrons. The van der Waals surface area contributed by atoms with Crippen LogP contribution in [0.1, 0.15) is 18.4 Å². The van der Waals surface area contributed by atoms with E-state index in [9.17, 15) is 4.79 Å². The van der Waals surface area contributed by atoms with Gasteiger partial charge in [0.05, 0.1) is 0 Å². The predicted octanol–water partition coefficient (Wildman–Crippen LogP) is 1.20. The Kier molecular flexibility index (Phi) is 1.86. The minimum absolute atomic E-state index is 0.0161. The van der Waals surface area contributed by atoms with Gasteiger partial charge in [0.25, 0.3) is 0 Å². The highest BCUT2D eigenvalue weighted by molar-refractivity contribution is 5.85. The molecule has 1 aromatic carbocycles. The van der Waals surface area contributed by atoms with E-state index >= 15 is 0 Å². The van der Waals surface area contributed by atoms with Gasteiger partial charge in [-0.1, -0.05) is 37.3 Å². The summed E-state index contributed by atoms with van der Waals surface area (Å²) in [5.74, 6) is -0.928. The van der Waals surface area contributed by atoms with Crippen LogP contribution in [-0.2, 0) is 4.79 Å². The summed E-state index contributed by atoms with van der Waals surface area (Å²) >= 11 is 0. The van der Waals surface area contributed by atoms with Crippen molar-refractivity contribution in [1.82, 2.24) is 0 Å². The molecule has 0 aromatic heterocycles. The van der Waals surface area contributed by atoms with Crippen molar-refractivity contribution >= 4 is 5.97 Å². The van der Waals surface area contributed by atoms with E-state index in [4.69, 9.17) is 10.8 Å². The van der Waals surface area contributed by atoms with E-state index in [-0.39, 0.29) is 11.8 Å². The third-order valence-electron chi connectivity index (χ3n) is 3.19. The summed E-state index contributed by atoms with van der Waals surface area (Å²) in [5, 5.41) is 8.99. The summed E-state index contributed by atoms with van der Waals surface area (Å²) in [6, 6.07) is 9.58. The number of hydrogen-bond donors (Lipinski definition) is 2. The van der Waals surface area contributed by atoms with E-state index in [0.717, 1.165) is 5.56 Å². The third kappa shape index (κ3) is 1.06. The Labute approximate surface area is 82.5 Å². The maximum Gasteiger partial charge on any atom is 0.324 e. The maximum absolute atomic E-state index is 11.0. The summed E-state index contributed by atoms with van der Waals surface area (Å²) in [4.78, 5) is 11.0. The van der Waals surface area contributed by atoms with Gasteiger partial charge in [0, 0.05) is 5.92 Å². The first-order chi connectivity index (χ1) is 6.58. The molecular formula is C11H13NO2. The van der Waals surface area contributed by atoms with Crippen molar-refractivity contribution in [2.24, 2.45) is 11.7 Å². The van der Waals surface area contributed by atoms with Gasteiger partial charge < -0.3 is 10.8 Å². The standard InChI is InChI=1S/C11H13NO2/c1-7-9(11(7,12)10(13)14)8-5-3-2-4-6-8/h2-7,9H,12H2,1H3,(H,13,14)/t7-,9-,11+/m1/s1. The highest BCUT2D eigenvalue weighted by atomic mass is 16.4. The zero-order valence-corrected chi connectivity index (χ0v) is 7.97. The fourth-order valence-electron chi connectivity index (χ4n) is 2.14. The van der Waals surface area contributed by atoms with E-state index in [0.29, 0.717) is 0 Å². The summed E-state index contributed by atoms with van der Waals surface area (Å²) in [7, 11) is 0. The fourth-order valence-corrected chi connectivity index (χ4v) is 2.14. The first kappa shape index (κ1) is 9.21. The number of carbonyl (C=O) groups is 1. The molecule has 74 valence electrons. The number of carboxylic acids is 1. The molecule has 2 rings (SSSR count). The average molecular weight is 191 g/mol. The fraction of sp³-hybridized carbons (Fsp3) is 0.364. The Bertz CT molecular complexity index is 363. The van der Waals surface area contributed by atoms with Crippen molar-refractivity contribution in [2.75, 3.05) is 0 Å². The minimum Gasteiger partial charge on any atom is -0.480 e. The molecule has 14 heavy (non-hydrogen) atoms. The van der Waals surface area contributed by atoms with Crippen molar-refractivity contribution in [3.8, 4) is 0 Å². The molecule has 0 aliphatic heterocycles. The molecule has 3 atom stereocenters. The second kappa shape index (κ2) is 2.82. The monoisotopic (exact) mass is 191 g/mol. The molecule has 3 heteroatoms. The molecule has 1 saturated carbocycles. The Morgan fingerprint density at radius 2 is 2.00 bits per heavy atom. The lowest BCUT2D eigenvalue weighted by atomic mass is 10.1. The van der Waals surface area contributed by atoms with Crippen LogP contribution >= 0.6 is 0 Å². The van der Waals surface area contributed by atoms with E-state index in [1.165, 1.54) is 0 Å². The second-order valence-corrected chi connectivity index (χ2v) is 3.92. The van der Waals surface area contributed by atoms with Gasteiger partial charge in [-0.05, 0) is 11.5 Å². The zero-order chi connectivity index (χ0) is 10.3. The summed E-state index contributed by atoms with van der Waals surface area (Å²) in [6.45, 7) is 1.88. The molecule has 0 heterocycles. The van der Waals surface area contributed by atoms with Crippen LogP contribution in [0.3, 0.4) is 0 Å². The van der Waals surface area contributed by atoms with Gasteiger partial charge in [-0.2, -0.15) is 0 Å². The van der Waals surface area contributed by atoms with E-state index < -0.39 is 11.5 Å². The Hall–Kier alpha value is -1.35. The number of rotatable bonds is 2. The van der Waals surface area contributed by atoms with Gasteiger partial charge in [-0.25, -0.2) is 0 Å². The number of aliphatic carboxylic acids is 1. The largest absolute Gasteiger partial charge is 0.480 e. The van der Waals surface area contributed by atoms with Crippen LogP contribution in [0.25, 0.3) is 0 Å². The summed E-state index contributed by atoms with van der Waals surface area (Å²) in [6.07, 6.45) is 0. The third-order valence-corrected chi connectivity index (χ3v) is 3.19. The molecule has 0 amide bonds.